The van der Waals surface area contributed by atoms with Crippen molar-refractivity contribution in [3.8, 4) is 10.6 Å². The summed E-state index contributed by atoms with van der Waals surface area (Å²) in [6.45, 7) is 0. The molecule has 2 heterocycles. The van der Waals surface area contributed by atoms with Gasteiger partial charge in [0.15, 0.2) is 0 Å². The quantitative estimate of drug-likeness (QED) is 0.651. The van der Waals surface area contributed by atoms with Crippen LogP contribution in [0.15, 0.2) is 17.6 Å². The first-order valence-corrected chi connectivity index (χ1v) is 4.26. The van der Waals surface area contributed by atoms with E-state index < -0.39 is 0 Å². The summed E-state index contributed by atoms with van der Waals surface area (Å²) in [5.74, 6) is 0. The molecule has 0 aliphatic carbocycles. The third-order valence-electron chi connectivity index (χ3n) is 1.05. The maximum absolute atomic E-state index is 3.96. The molecular weight excluding hydrogens is 166 g/mol. The standard InChI is InChI=1S/C5H3N3S2/c1-2-6-10-5(1)4-3-9-8-7-4/h1-3H. The predicted octanol–water partition coefficient (Wildman–Crippen LogP) is 1.66. The zero-order valence-corrected chi connectivity index (χ0v) is 6.52. The average Bonchev–Trinajstić information content (AvgIpc) is 2.59. The van der Waals surface area contributed by atoms with Gasteiger partial charge in [-0.2, -0.15) is 0 Å². The van der Waals surface area contributed by atoms with E-state index in [4.69, 9.17) is 0 Å². The Balaban J connectivity index is 2.48. The Morgan fingerprint density at radius 3 is 3.00 bits per heavy atom. The number of hydrogen-bond acceptors (Lipinski definition) is 5. The van der Waals surface area contributed by atoms with Gasteiger partial charge in [-0.3, -0.25) is 0 Å². The van der Waals surface area contributed by atoms with Gasteiger partial charge >= 0.3 is 0 Å². The second-order valence-corrected chi connectivity index (χ2v) is 3.11. The van der Waals surface area contributed by atoms with Crippen LogP contribution in [-0.4, -0.2) is 14.0 Å². The Hall–Kier alpha value is -0.810. The summed E-state index contributed by atoms with van der Waals surface area (Å²) in [5, 5.41) is 5.81. The first-order valence-electron chi connectivity index (χ1n) is 2.65. The van der Waals surface area contributed by atoms with Crippen LogP contribution < -0.4 is 0 Å². The fourth-order valence-corrected chi connectivity index (χ4v) is 1.70. The lowest BCUT2D eigenvalue weighted by atomic mass is 10.4. The van der Waals surface area contributed by atoms with Crippen LogP contribution >= 0.6 is 23.1 Å². The van der Waals surface area contributed by atoms with Crippen molar-refractivity contribution in [1.29, 1.82) is 0 Å². The molecule has 2 aromatic rings. The molecule has 0 radical (unpaired) electrons. The van der Waals surface area contributed by atoms with Gasteiger partial charge in [0.25, 0.3) is 0 Å². The van der Waals surface area contributed by atoms with Crippen LogP contribution in [-0.2, 0) is 0 Å². The zero-order valence-electron chi connectivity index (χ0n) is 4.89. The summed E-state index contributed by atoms with van der Waals surface area (Å²) >= 11 is 2.79. The van der Waals surface area contributed by atoms with Crippen LogP contribution in [0.1, 0.15) is 0 Å². The van der Waals surface area contributed by atoms with Crippen molar-refractivity contribution in [1.82, 2.24) is 14.0 Å². The minimum atomic E-state index is 0.924. The smallest absolute Gasteiger partial charge is 0.117 e. The van der Waals surface area contributed by atoms with Crippen molar-refractivity contribution in [3.63, 3.8) is 0 Å². The van der Waals surface area contributed by atoms with E-state index in [1.165, 1.54) is 23.1 Å². The van der Waals surface area contributed by atoms with Crippen LogP contribution in [0.25, 0.3) is 10.6 Å². The fraction of sp³-hybridized carbons (Fsp3) is 0. The minimum Gasteiger partial charge on any atom is -0.201 e. The van der Waals surface area contributed by atoms with E-state index in [2.05, 4.69) is 14.0 Å². The third-order valence-corrected chi connectivity index (χ3v) is 2.32. The van der Waals surface area contributed by atoms with Gasteiger partial charge in [-0.25, -0.2) is 4.37 Å². The molecule has 0 aromatic carbocycles. The summed E-state index contributed by atoms with van der Waals surface area (Å²) in [4.78, 5) is 1.08. The average molecular weight is 169 g/mol. The van der Waals surface area contributed by atoms with E-state index in [1.807, 2.05) is 11.4 Å². The molecule has 0 aliphatic rings. The second kappa shape index (κ2) is 2.43. The second-order valence-electron chi connectivity index (χ2n) is 1.67. The summed E-state index contributed by atoms with van der Waals surface area (Å²) in [6, 6.07) is 1.93. The van der Waals surface area contributed by atoms with Crippen LogP contribution in [0.5, 0.6) is 0 Å². The van der Waals surface area contributed by atoms with E-state index >= 15 is 0 Å². The van der Waals surface area contributed by atoms with Crippen molar-refractivity contribution in [2.75, 3.05) is 0 Å². The highest BCUT2D eigenvalue weighted by Crippen LogP contribution is 2.20. The maximum Gasteiger partial charge on any atom is 0.117 e. The fourth-order valence-electron chi connectivity index (χ4n) is 0.620. The van der Waals surface area contributed by atoms with Crippen molar-refractivity contribution < 1.29 is 0 Å². The molecule has 3 nitrogen and oxygen atoms in total. The summed E-state index contributed by atoms with van der Waals surface area (Å²) in [6.07, 6.45) is 1.76. The van der Waals surface area contributed by atoms with E-state index in [1.54, 1.807) is 6.20 Å². The molecule has 0 saturated heterocycles. The first-order chi connectivity index (χ1) is 4.97. The largest absolute Gasteiger partial charge is 0.201 e. The van der Waals surface area contributed by atoms with Gasteiger partial charge in [0.1, 0.15) is 5.69 Å². The van der Waals surface area contributed by atoms with Gasteiger partial charge < -0.3 is 0 Å². The van der Waals surface area contributed by atoms with Crippen molar-refractivity contribution in [3.05, 3.63) is 17.6 Å². The molecule has 0 fully saturated rings. The lowest BCUT2D eigenvalue weighted by Gasteiger charge is -1.80. The highest BCUT2D eigenvalue weighted by atomic mass is 32.1. The Bertz CT molecular complexity index is 254. The molecule has 0 spiro atoms. The molecule has 50 valence electrons. The highest BCUT2D eigenvalue weighted by molar-refractivity contribution is 7.10. The van der Waals surface area contributed by atoms with E-state index in [-0.39, 0.29) is 0 Å². The Kier molecular flexibility index (Phi) is 1.44. The zero-order chi connectivity index (χ0) is 6.81. The van der Waals surface area contributed by atoms with Gasteiger partial charge in [-0.05, 0) is 29.1 Å². The summed E-state index contributed by atoms with van der Waals surface area (Å²) in [7, 11) is 0. The lowest BCUT2D eigenvalue weighted by molar-refractivity contribution is 1.17. The number of nitrogens with zero attached hydrogens (tertiary/aromatic N) is 3. The molecule has 0 amide bonds. The van der Waals surface area contributed by atoms with Crippen molar-refractivity contribution in [2.45, 2.75) is 0 Å². The Morgan fingerprint density at radius 1 is 1.40 bits per heavy atom. The molecule has 10 heavy (non-hydrogen) atoms. The maximum atomic E-state index is 3.96. The van der Waals surface area contributed by atoms with E-state index in [9.17, 15) is 0 Å². The molecule has 0 atom stereocenters. The van der Waals surface area contributed by atoms with Gasteiger partial charge in [-0.15, -0.1) is 5.10 Å². The molecule has 5 heteroatoms. The highest BCUT2D eigenvalue weighted by Gasteiger charge is 2.00. The third kappa shape index (κ3) is 0.932. The molecule has 2 aromatic heterocycles. The molecule has 2 rings (SSSR count). The molecule has 0 bridgehead atoms. The van der Waals surface area contributed by atoms with E-state index in [0.717, 1.165) is 10.6 Å². The topological polar surface area (TPSA) is 38.7 Å². The van der Waals surface area contributed by atoms with Gasteiger partial charge in [0, 0.05) is 11.6 Å². The number of aromatic nitrogens is 3. The number of rotatable bonds is 1. The molecule has 0 N–H and O–H groups in total. The monoisotopic (exact) mass is 169 g/mol. The normalized spacial score (nSPS) is 10.0. The van der Waals surface area contributed by atoms with Crippen molar-refractivity contribution in [2.24, 2.45) is 0 Å². The summed E-state index contributed by atoms with van der Waals surface area (Å²) < 4.78 is 7.71. The molecule has 0 aliphatic heterocycles. The van der Waals surface area contributed by atoms with Crippen LogP contribution in [0.3, 0.4) is 0 Å². The predicted molar refractivity (Wildman–Crippen MR) is 41.0 cm³/mol. The Labute approximate surface area is 65.7 Å². The minimum absolute atomic E-state index is 0.924. The first kappa shape index (κ1) is 5.94. The van der Waals surface area contributed by atoms with Crippen LogP contribution in [0, 0.1) is 0 Å². The van der Waals surface area contributed by atoms with Crippen LogP contribution in [0.4, 0.5) is 0 Å². The van der Waals surface area contributed by atoms with Crippen LogP contribution in [0.2, 0.25) is 0 Å². The van der Waals surface area contributed by atoms with Gasteiger partial charge in [-0.1, -0.05) is 4.49 Å². The van der Waals surface area contributed by atoms with E-state index in [0.29, 0.717) is 0 Å². The van der Waals surface area contributed by atoms with Crippen molar-refractivity contribution >= 4 is 23.1 Å². The Morgan fingerprint density at radius 2 is 2.40 bits per heavy atom. The van der Waals surface area contributed by atoms with Gasteiger partial charge in [0.2, 0.25) is 0 Å². The lowest BCUT2D eigenvalue weighted by Crippen LogP contribution is -1.69. The SMILES string of the molecule is c1cc(-c2csnn2)sn1. The van der Waals surface area contributed by atoms with Gasteiger partial charge in [0.05, 0.1) is 4.88 Å². The summed E-state index contributed by atoms with van der Waals surface area (Å²) in [5.41, 5.74) is 0.924. The molecule has 0 unspecified atom stereocenters. The molecule has 0 saturated carbocycles. The molecular formula is C5H3N3S2. The number of hydrogen-bond donors (Lipinski definition) is 0.